The Morgan fingerprint density at radius 3 is 2.52 bits per heavy atom. The van der Waals surface area contributed by atoms with Crippen molar-refractivity contribution in [2.75, 3.05) is 32.8 Å². The average Bonchev–Trinajstić information content (AvgIpc) is 2.83. The van der Waals surface area contributed by atoms with Gasteiger partial charge in [0.1, 0.15) is 5.82 Å². The van der Waals surface area contributed by atoms with E-state index in [2.05, 4.69) is 14.5 Å². The van der Waals surface area contributed by atoms with Gasteiger partial charge in [0.15, 0.2) is 0 Å². The number of hydrogen-bond donors (Lipinski definition) is 0. The van der Waals surface area contributed by atoms with Crippen molar-refractivity contribution in [1.29, 1.82) is 0 Å². The van der Waals surface area contributed by atoms with E-state index < -0.39 is 0 Å². The molecule has 21 heavy (non-hydrogen) atoms. The second-order valence-corrected chi connectivity index (χ2v) is 6.10. The first-order chi connectivity index (χ1) is 10.2. The third kappa shape index (κ3) is 3.30. The Kier molecular flexibility index (Phi) is 4.92. The van der Waals surface area contributed by atoms with Crippen LogP contribution in [0.5, 0.6) is 0 Å². The predicted molar refractivity (Wildman–Crippen MR) is 86.6 cm³/mol. The van der Waals surface area contributed by atoms with Crippen LogP contribution < -0.4 is 0 Å². The fourth-order valence-electron chi connectivity index (χ4n) is 2.59. The van der Waals surface area contributed by atoms with Crippen molar-refractivity contribution in [2.24, 2.45) is 0 Å². The van der Waals surface area contributed by atoms with Crippen LogP contribution in [0.3, 0.4) is 0 Å². The third-order valence-electron chi connectivity index (χ3n) is 3.73. The van der Waals surface area contributed by atoms with Crippen LogP contribution >= 0.6 is 34.8 Å². The molecule has 3 rings (SSSR count). The highest BCUT2D eigenvalue weighted by atomic mass is 35.5. The summed E-state index contributed by atoms with van der Waals surface area (Å²) in [7, 11) is 0. The van der Waals surface area contributed by atoms with Gasteiger partial charge < -0.3 is 9.30 Å². The summed E-state index contributed by atoms with van der Waals surface area (Å²) in [5.74, 6) is 1.21. The molecule has 2 aromatic rings. The van der Waals surface area contributed by atoms with Crippen LogP contribution in [-0.4, -0.2) is 47.3 Å². The smallest absolute Gasteiger partial charge is 0.124 e. The number of hydrogen-bond acceptors (Lipinski definition) is 3. The highest BCUT2D eigenvalue weighted by Gasteiger charge is 2.15. The molecule has 1 aliphatic heterocycles. The van der Waals surface area contributed by atoms with E-state index in [-0.39, 0.29) is 0 Å². The summed E-state index contributed by atoms with van der Waals surface area (Å²) in [6, 6.07) is 3.65. The molecule has 0 radical (unpaired) electrons. The maximum atomic E-state index is 6.13. The monoisotopic (exact) mass is 347 g/mol. The molecular formula is C14H16Cl3N3O. The molecule has 0 spiro atoms. The van der Waals surface area contributed by atoms with E-state index >= 15 is 0 Å². The first-order valence-corrected chi connectivity index (χ1v) is 8.18. The van der Waals surface area contributed by atoms with Gasteiger partial charge in [-0.1, -0.05) is 23.2 Å². The van der Waals surface area contributed by atoms with E-state index in [1.165, 1.54) is 0 Å². The van der Waals surface area contributed by atoms with Gasteiger partial charge in [-0.3, -0.25) is 4.90 Å². The molecule has 0 unspecified atom stereocenters. The Balaban J connectivity index is 1.86. The lowest BCUT2D eigenvalue weighted by atomic mass is 10.3. The highest BCUT2D eigenvalue weighted by molar-refractivity contribution is 6.42. The van der Waals surface area contributed by atoms with Crippen LogP contribution in [0.4, 0.5) is 0 Å². The summed E-state index contributed by atoms with van der Waals surface area (Å²) in [6.45, 7) is 5.31. The molecule has 2 heterocycles. The minimum Gasteiger partial charge on any atom is -0.379 e. The van der Waals surface area contributed by atoms with Crippen molar-refractivity contribution in [2.45, 2.75) is 12.4 Å². The molecule has 1 saturated heterocycles. The van der Waals surface area contributed by atoms with E-state index in [4.69, 9.17) is 39.5 Å². The first-order valence-electron chi connectivity index (χ1n) is 6.89. The Morgan fingerprint density at radius 1 is 1.10 bits per heavy atom. The Labute approximate surface area is 138 Å². The molecule has 1 aliphatic rings. The maximum Gasteiger partial charge on any atom is 0.124 e. The quantitative estimate of drug-likeness (QED) is 0.793. The Morgan fingerprint density at radius 2 is 1.81 bits per heavy atom. The number of halogens is 3. The van der Waals surface area contributed by atoms with Crippen LogP contribution in [0, 0.1) is 0 Å². The molecule has 7 heteroatoms. The van der Waals surface area contributed by atoms with Crippen molar-refractivity contribution in [3.05, 3.63) is 28.0 Å². The van der Waals surface area contributed by atoms with Gasteiger partial charge in [-0.05, 0) is 12.1 Å². The normalized spacial score (nSPS) is 16.7. The van der Waals surface area contributed by atoms with E-state index in [1.54, 1.807) is 6.07 Å². The van der Waals surface area contributed by atoms with Crippen LogP contribution in [-0.2, 0) is 17.2 Å². The lowest BCUT2D eigenvalue weighted by Gasteiger charge is -2.26. The SMILES string of the molecule is ClCc1nc2cc(Cl)c(Cl)cc2n1CCN1CCOCC1. The molecule has 1 aromatic carbocycles. The lowest BCUT2D eigenvalue weighted by Crippen LogP contribution is -2.38. The molecule has 0 aliphatic carbocycles. The number of ether oxygens (including phenoxy) is 1. The summed E-state index contributed by atoms with van der Waals surface area (Å²) >= 11 is 18.2. The van der Waals surface area contributed by atoms with Crippen molar-refractivity contribution >= 4 is 45.8 Å². The molecule has 0 N–H and O–H groups in total. The highest BCUT2D eigenvalue weighted by Crippen LogP contribution is 2.28. The van der Waals surface area contributed by atoms with Crippen molar-refractivity contribution in [3.63, 3.8) is 0 Å². The van der Waals surface area contributed by atoms with Gasteiger partial charge >= 0.3 is 0 Å². The summed E-state index contributed by atoms with van der Waals surface area (Å²) in [4.78, 5) is 6.92. The number of rotatable bonds is 4. The molecule has 0 saturated carbocycles. The van der Waals surface area contributed by atoms with Crippen LogP contribution in [0.25, 0.3) is 11.0 Å². The molecule has 114 valence electrons. The molecule has 1 fully saturated rings. The van der Waals surface area contributed by atoms with E-state index in [0.29, 0.717) is 15.9 Å². The Bertz CT molecular complexity index is 638. The minimum absolute atomic E-state index is 0.368. The zero-order valence-electron chi connectivity index (χ0n) is 11.5. The first kappa shape index (κ1) is 15.4. The molecule has 0 amide bonds. The molecular weight excluding hydrogens is 333 g/mol. The number of fused-ring (bicyclic) bond motifs is 1. The zero-order chi connectivity index (χ0) is 14.8. The van der Waals surface area contributed by atoms with Crippen LogP contribution in [0.1, 0.15) is 5.82 Å². The van der Waals surface area contributed by atoms with E-state index in [1.807, 2.05) is 6.07 Å². The van der Waals surface area contributed by atoms with Gasteiger partial charge in [-0.2, -0.15) is 0 Å². The lowest BCUT2D eigenvalue weighted by molar-refractivity contribution is 0.0364. The summed E-state index contributed by atoms with van der Waals surface area (Å²) in [6.07, 6.45) is 0. The zero-order valence-corrected chi connectivity index (χ0v) is 13.8. The number of morpholine rings is 1. The topological polar surface area (TPSA) is 30.3 Å². The fourth-order valence-corrected chi connectivity index (χ4v) is 3.11. The second-order valence-electron chi connectivity index (χ2n) is 5.02. The molecule has 1 aromatic heterocycles. The van der Waals surface area contributed by atoms with Gasteiger partial charge in [0, 0.05) is 26.2 Å². The number of benzene rings is 1. The standard InChI is InChI=1S/C14H16Cl3N3O/c15-9-14-18-12-7-10(16)11(17)8-13(12)20(14)2-1-19-3-5-21-6-4-19/h7-8H,1-6,9H2. The van der Waals surface area contributed by atoms with Crippen molar-refractivity contribution in [1.82, 2.24) is 14.5 Å². The van der Waals surface area contributed by atoms with Crippen LogP contribution in [0.2, 0.25) is 10.0 Å². The summed E-state index contributed by atoms with van der Waals surface area (Å²) in [5, 5.41) is 1.06. The second kappa shape index (κ2) is 6.71. The number of nitrogens with zero attached hydrogens (tertiary/aromatic N) is 3. The number of aromatic nitrogens is 2. The average molecular weight is 349 g/mol. The summed E-state index contributed by atoms with van der Waals surface area (Å²) in [5.41, 5.74) is 1.82. The van der Waals surface area contributed by atoms with Gasteiger partial charge in [0.05, 0.1) is 40.2 Å². The van der Waals surface area contributed by atoms with E-state index in [9.17, 15) is 0 Å². The molecule has 0 atom stereocenters. The largest absolute Gasteiger partial charge is 0.379 e. The molecule has 4 nitrogen and oxygen atoms in total. The minimum atomic E-state index is 0.368. The van der Waals surface area contributed by atoms with Gasteiger partial charge in [-0.25, -0.2) is 4.98 Å². The number of alkyl halides is 1. The van der Waals surface area contributed by atoms with E-state index in [0.717, 1.165) is 56.3 Å². The van der Waals surface area contributed by atoms with Gasteiger partial charge in [0.25, 0.3) is 0 Å². The summed E-state index contributed by atoms with van der Waals surface area (Å²) < 4.78 is 7.49. The third-order valence-corrected chi connectivity index (χ3v) is 4.69. The number of imidazole rings is 1. The van der Waals surface area contributed by atoms with Crippen molar-refractivity contribution in [3.8, 4) is 0 Å². The molecule has 0 bridgehead atoms. The maximum absolute atomic E-state index is 6.13. The van der Waals surface area contributed by atoms with Gasteiger partial charge in [-0.15, -0.1) is 11.6 Å². The van der Waals surface area contributed by atoms with Crippen molar-refractivity contribution < 1.29 is 4.74 Å². The predicted octanol–water partition coefficient (Wildman–Crippen LogP) is 3.41. The Hall–Kier alpha value is -0.520. The van der Waals surface area contributed by atoms with Crippen LogP contribution in [0.15, 0.2) is 12.1 Å². The van der Waals surface area contributed by atoms with Gasteiger partial charge in [0.2, 0.25) is 0 Å². The fraction of sp³-hybridized carbons (Fsp3) is 0.500.